The van der Waals surface area contributed by atoms with Gasteiger partial charge in [-0.15, -0.1) is 0 Å². The van der Waals surface area contributed by atoms with Crippen molar-refractivity contribution in [1.29, 1.82) is 0 Å². The van der Waals surface area contributed by atoms with E-state index >= 15 is 0 Å². The van der Waals surface area contributed by atoms with Crippen molar-refractivity contribution in [2.45, 2.75) is 19.1 Å². The van der Waals surface area contributed by atoms with Crippen molar-refractivity contribution in [2.75, 3.05) is 16.4 Å². The van der Waals surface area contributed by atoms with Crippen LogP contribution in [0.4, 0.5) is 34.9 Å². The normalized spacial score (nSPS) is 12.3. The molecule has 1 amide bonds. The van der Waals surface area contributed by atoms with Crippen molar-refractivity contribution in [3.05, 3.63) is 89.5 Å². The second-order valence-corrected chi connectivity index (χ2v) is 8.63. The first-order valence-corrected chi connectivity index (χ1v) is 11.6. The number of nitrogens with two attached hydrogens (primary N) is 1. The van der Waals surface area contributed by atoms with Gasteiger partial charge in [0.05, 0.1) is 23.0 Å². The van der Waals surface area contributed by atoms with E-state index in [0.717, 1.165) is 29.3 Å². The van der Waals surface area contributed by atoms with E-state index in [0.29, 0.717) is 23.1 Å². The predicted octanol–water partition coefficient (Wildman–Crippen LogP) is 5.58. The fourth-order valence-electron chi connectivity index (χ4n) is 3.83. The number of hydrogen-bond donors (Lipinski definition) is 4. The van der Waals surface area contributed by atoms with Gasteiger partial charge in [0, 0.05) is 23.5 Å². The zero-order valence-corrected chi connectivity index (χ0v) is 20.2. The molecule has 3 heterocycles. The van der Waals surface area contributed by atoms with Crippen LogP contribution in [-0.2, 0) is 6.18 Å². The van der Waals surface area contributed by atoms with Gasteiger partial charge in [-0.1, -0.05) is 24.3 Å². The fraction of sp³-hybridized carbons (Fsp3) is 0.115. The van der Waals surface area contributed by atoms with Crippen molar-refractivity contribution in [3.8, 4) is 11.3 Å². The summed E-state index contributed by atoms with van der Waals surface area (Å²) in [4.78, 5) is 25.6. The minimum Gasteiger partial charge on any atom is -0.380 e. The third kappa shape index (κ3) is 5.46. The zero-order valence-electron chi connectivity index (χ0n) is 20.2. The van der Waals surface area contributed by atoms with Gasteiger partial charge in [0.15, 0.2) is 17.0 Å². The van der Waals surface area contributed by atoms with E-state index in [-0.39, 0.29) is 22.9 Å². The van der Waals surface area contributed by atoms with Gasteiger partial charge in [-0.3, -0.25) is 9.89 Å². The van der Waals surface area contributed by atoms with Crippen LogP contribution in [0.3, 0.4) is 0 Å². The molecule has 0 saturated carbocycles. The smallest absolute Gasteiger partial charge is 0.380 e. The summed E-state index contributed by atoms with van der Waals surface area (Å²) in [5.74, 6) is -1.17. The molecule has 2 aromatic carbocycles. The average Bonchev–Trinajstić information content (AvgIpc) is 3.29. The highest BCUT2D eigenvalue weighted by Crippen LogP contribution is 2.32. The molecule has 9 nitrogen and oxygen atoms in total. The maximum atomic E-state index is 13.4. The van der Waals surface area contributed by atoms with Crippen molar-refractivity contribution in [1.82, 2.24) is 25.1 Å². The van der Waals surface area contributed by atoms with Crippen LogP contribution in [0.25, 0.3) is 22.4 Å². The van der Waals surface area contributed by atoms with E-state index < -0.39 is 29.5 Å². The number of fused-ring (bicyclic) bond motifs is 1. The highest BCUT2D eigenvalue weighted by molar-refractivity contribution is 6.07. The van der Waals surface area contributed by atoms with Crippen LogP contribution in [0.2, 0.25) is 0 Å². The molecule has 5 rings (SSSR count). The number of pyridine rings is 1. The lowest BCUT2D eigenvalue weighted by molar-refractivity contribution is -0.137. The highest BCUT2D eigenvalue weighted by atomic mass is 19.4. The minimum atomic E-state index is -4.70. The molecule has 0 aliphatic carbocycles. The van der Waals surface area contributed by atoms with E-state index in [1.165, 1.54) is 12.1 Å². The number of carbonyl (C=O) groups excluding carboxylic acids is 1. The summed E-state index contributed by atoms with van der Waals surface area (Å²) in [6.07, 6.45) is -2.47. The Kier molecular flexibility index (Phi) is 6.56. The molecule has 13 heteroatoms. The Morgan fingerprint density at radius 3 is 2.44 bits per heavy atom. The summed E-state index contributed by atoms with van der Waals surface area (Å²) in [7, 11) is 0. The summed E-state index contributed by atoms with van der Waals surface area (Å²) in [6, 6.07) is 12.4. The Hall–Kier alpha value is -5.07. The molecule has 1 atom stereocenters. The number of aromatic amines is 1. The molecule has 0 aliphatic rings. The van der Waals surface area contributed by atoms with Gasteiger partial charge >= 0.3 is 6.18 Å². The number of hydrogen-bond acceptors (Lipinski definition) is 7. The summed E-state index contributed by atoms with van der Waals surface area (Å²) in [5, 5.41) is 12.1. The average molecular weight is 536 g/mol. The maximum Gasteiger partial charge on any atom is 0.417 e. The van der Waals surface area contributed by atoms with Gasteiger partial charge in [0.2, 0.25) is 0 Å². The van der Waals surface area contributed by atoms with E-state index in [1.807, 2.05) is 12.1 Å². The number of carbonyl (C=O) groups is 1. The Bertz CT molecular complexity index is 1650. The summed E-state index contributed by atoms with van der Waals surface area (Å²) in [5.41, 5.74) is 7.64. The summed E-state index contributed by atoms with van der Waals surface area (Å²) < 4.78 is 53.3. The second-order valence-electron chi connectivity index (χ2n) is 8.63. The number of rotatable bonds is 6. The van der Waals surface area contributed by atoms with Gasteiger partial charge in [0.25, 0.3) is 5.91 Å². The van der Waals surface area contributed by atoms with E-state index in [2.05, 4.69) is 35.8 Å². The van der Waals surface area contributed by atoms with Gasteiger partial charge < -0.3 is 16.4 Å². The monoisotopic (exact) mass is 536 g/mol. The minimum absolute atomic E-state index is 0.0501. The van der Waals surface area contributed by atoms with Crippen LogP contribution < -0.4 is 16.4 Å². The van der Waals surface area contributed by atoms with Crippen LogP contribution in [0.5, 0.6) is 0 Å². The number of anilines is 3. The van der Waals surface area contributed by atoms with Crippen LogP contribution >= 0.6 is 0 Å². The third-order valence-corrected chi connectivity index (χ3v) is 5.92. The number of aromatic nitrogens is 5. The van der Waals surface area contributed by atoms with Crippen molar-refractivity contribution >= 4 is 34.4 Å². The van der Waals surface area contributed by atoms with Gasteiger partial charge in [-0.25, -0.2) is 19.3 Å². The molecule has 0 fully saturated rings. The molecule has 0 bridgehead atoms. The molecule has 39 heavy (non-hydrogen) atoms. The zero-order chi connectivity index (χ0) is 27.7. The van der Waals surface area contributed by atoms with Crippen LogP contribution in [0.1, 0.15) is 34.5 Å². The number of amides is 1. The molecule has 5 N–H and O–H groups in total. The second kappa shape index (κ2) is 10.0. The van der Waals surface area contributed by atoms with Gasteiger partial charge in [-0.05, 0) is 42.8 Å². The fourth-order valence-corrected chi connectivity index (χ4v) is 3.83. The standard InChI is InChI=1S/C26H20F4N8O/c1-13(14-2-4-15(5-3-14)20-12-33-24-21(36-20)22(31)37-38-24)34-23-19(10-16(11-32-23)26(28,29)30)25(39)35-18-8-6-17(27)7-9-18/h2-13H,1H3,(H,32,34)(H,35,39)(H3,31,33,37,38). The topological polar surface area (TPSA) is 134 Å². The van der Waals surface area contributed by atoms with Crippen molar-refractivity contribution in [3.63, 3.8) is 0 Å². The lowest BCUT2D eigenvalue weighted by atomic mass is 10.0. The third-order valence-electron chi connectivity index (χ3n) is 5.92. The van der Waals surface area contributed by atoms with E-state index in [9.17, 15) is 22.4 Å². The predicted molar refractivity (Wildman–Crippen MR) is 137 cm³/mol. The molecule has 198 valence electrons. The number of benzene rings is 2. The molecule has 0 aliphatic heterocycles. The Balaban J connectivity index is 1.39. The first-order valence-electron chi connectivity index (χ1n) is 11.6. The highest BCUT2D eigenvalue weighted by Gasteiger charge is 2.33. The largest absolute Gasteiger partial charge is 0.417 e. The molecule has 1 unspecified atom stereocenters. The number of alkyl halides is 3. The molecule has 3 aromatic heterocycles. The van der Waals surface area contributed by atoms with Crippen LogP contribution in [0, 0.1) is 5.82 Å². The quantitative estimate of drug-likeness (QED) is 0.208. The summed E-state index contributed by atoms with van der Waals surface area (Å²) in [6.45, 7) is 1.77. The number of nitrogen functional groups attached to an aromatic ring is 1. The van der Waals surface area contributed by atoms with Crippen LogP contribution in [0.15, 0.2) is 67.0 Å². The van der Waals surface area contributed by atoms with Crippen molar-refractivity contribution in [2.24, 2.45) is 0 Å². The Morgan fingerprint density at radius 1 is 1.03 bits per heavy atom. The van der Waals surface area contributed by atoms with Gasteiger partial charge in [-0.2, -0.15) is 18.3 Å². The van der Waals surface area contributed by atoms with Gasteiger partial charge in [0.1, 0.15) is 11.6 Å². The van der Waals surface area contributed by atoms with Crippen molar-refractivity contribution < 1.29 is 22.4 Å². The number of nitrogens with zero attached hydrogens (tertiary/aromatic N) is 4. The Morgan fingerprint density at radius 2 is 1.74 bits per heavy atom. The molecule has 0 spiro atoms. The Labute approximate surface area is 218 Å². The number of H-pyrrole nitrogens is 1. The van der Waals surface area contributed by atoms with E-state index in [1.54, 1.807) is 25.3 Å². The lowest BCUT2D eigenvalue weighted by Gasteiger charge is -2.19. The van der Waals surface area contributed by atoms with E-state index in [4.69, 9.17) is 5.73 Å². The summed E-state index contributed by atoms with van der Waals surface area (Å²) >= 11 is 0. The number of halogens is 4. The lowest BCUT2D eigenvalue weighted by Crippen LogP contribution is -2.19. The molecule has 5 aromatic rings. The van der Waals surface area contributed by atoms with Crippen LogP contribution in [-0.4, -0.2) is 31.1 Å². The molecule has 0 saturated heterocycles. The molecular weight excluding hydrogens is 516 g/mol. The number of nitrogens with one attached hydrogen (secondary N) is 3. The maximum absolute atomic E-state index is 13.4. The SMILES string of the molecule is CC(Nc1ncc(C(F)(F)F)cc1C(=O)Nc1ccc(F)cc1)c1ccc(-c2cnc3[nH]nc(N)c3n2)cc1. The molecular formula is C26H20F4N8O. The first kappa shape index (κ1) is 25.6. The first-order chi connectivity index (χ1) is 18.6. The molecule has 0 radical (unpaired) electrons.